The van der Waals surface area contributed by atoms with Crippen molar-refractivity contribution in [2.24, 2.45) is 0 Å². The fourth-order valence-corrected chi connectivity index (χ4v) is 1.22. The molecule has 17 heavy (non-hydrogen) atoms. The number of rotatable bonds is 6. The van der Waals surface area contributed by atoms with Crippen molar-refractivity contribution in [2.45, 2.75) is 13.3 Å². The standard InChI is InChI=1S/C10H14N4O3/c1-2-11-10(15)4-6-13-9-7-8(14(16)17)3-5-12-9/h3,5,7H,2,4,6H2,1H3,(H,11,15)(H,12,13). The Morgan fingerprint density at radius 1 is 1.59 bits per heavy atom. The van der Waals surface area contributed by atoms with E-state index in [9.17, 15) is 14.9 Å². The number of nitrogens with zero attached hydrogens (tertiary/aromatic N) is 2. The van der Waals surface area contributed by atoms with E-state index in [1.807, 2.05) is 6.92 Å². The van der Waals surface area contributed by atoms with E-state index in [1.165, 1.54) is 18.3 Å². The summed E-state index contributed by atoms with van der Waals surface area (Å²) in [6.45, 7) is 2.82. The number of carbonyl (C=O) groups excluding carboxylic acids is 1. The van der Waals surface area contributed by atoms with Crippen LogP contribution in [-0.4, -0.2) is 28.9 Å². The lowest BCUT2D eigenvalue weighted by molar-refractivity contribution is -0.384. The van der Waals surface area contributed by atoms with Crippen molar-refractivity contribution in [3.05, 3.63) is 28.4 Å². The Kier molecular flexibility index (Phi) is 4.86. The number of carbonyl (C=O) groups is 1. The van der Waals surface area contributed by atoms with Gasteiger partial charge in [-0.1, -0.05) is 0 Å². The van der Waals surface area contributed by atoms with Crippen LogP contribution < -0.4 is 10.6 Å². The lowest BCUT2D eigenvalue weighted by Gasteiger charge is -2.05. The van der Waals surface area contributed by atoms with Gasteiger partial charge >= 0.3 is 0 Å². The van der Waals surface area contributed by atoms with Gasteiger partial charge in [0.05, 0.1) is 11.0 Å². The fraction of sp³-hybridized carbons (Fsp3) is 0.400. The largest absolute Gasteiger partial charge is 0.369 e. The van der Waals surface area contributed by atoms with Crippen molar-refractivity contribution in [1.29, 1.82) is 0 Å². The molecule has 0 aromatic carbocycles. The van der Waals surface area contributed by atoms with Crippen LogP contribution in [0.3, 0.4) is 0 Å². The molecule has 0 aliphatic heterocycles. The first-order valence-electron chi connectivity index (χ1n) is 5.24. The van der Waals surface area contributed by atoms with Gasteiger partial charge in [0, 0.05) is 31.8 Å². The van der Waals surface area contributed by atoms with Crippen molar-refractivity contribution in [3.8, 4) is 0 Å². The van der Waals surface area contributed by atoms with Crippen molar-refractivity contribution in [3.63, 3.8) is 0 Å². The third-order valence-corrected chi connectivity index (χ3v) is 1.99. The monoisotopic (exact) mass is 238 g/mol. The number of aromatic nitrogens is 1. The first kappa shape index (κ1) is 12.9. The zero-order valence-corrected chi connectivity index (χ0v) is 9.47. The second kappa shape index (κ2) is 6.41. The van der Waals surface area contributed by atoms with Gasteiger partial charge in [0.15, 0.2) is 0 Å². The number of pyridine rings is 1. The molecule has 0 saturated carbocycles. The van der Waals surface area contributed by atoms with Gasteiger partial charge in [-0.3, -0.25) is 14.9 Å². The molecule has 0 bridgehead atoms. The molecule has 0 radical (unpaired) electrons. The minimum Gasteiger partial charge on any atom is -0.369 e. The first-order chi connectivity index (χ1) is 8.13. The second-order valence-electron chi connectivity index (χ2n) is 3.29. The first-order valence-corrected chi connectivity index (χ1v) is 5.24. The topological polar surface area (TPSA) is 97.2 Å². The molecule has 0 spiro atoms. The predicted molar refractivity (Wildman–Crippen MR) is 62.7 cm³/mol. The van der Waals surface area contributed by atoms with E-state index in [0.29, 0.717) is 25.3 Å². The maximum absolute atomic E-state index is 11.1. The van der Waals surface area contributed by atoms with Crippen LogP contribution in [0.25, 0.3) is 0 Å². The molecule has 1 heterocycles. The Balaban J connectivity index is 2.44. The summed E-state index contributed by atoms with van der Waals surface area (Å²) in [6, 6.07) is 2.65. The number of hydrogen-bond donors (Lipinski definition) is 2. The molecule has 1 amide bonds. The van der Waals surface area contributed by atoms with Crippen LogP contribution in [0.4, 0.5) is 11.5 Å². The SMILES string of the molecule is CCNC(=O)CCNc1cc([N+](=O)[O-])ccn1. The molecule has 7 nitrogen and oxygen atoms in total. The molecule has 0 fully saturated rings. The Morgan fingerprint density at radius 3 is 3.00 bits per heavy atom. The van der Waals surface area contributed by atoms with Crippen LogP contribution in [0.5, 0.6) is 0 Å². The van der Waals surface area contributed by atoms with E-state index in [4.69, 9.17) is 0 Å². The lowest BCUT2D eigenvalue weighted by Crippen LogP contribution is -2.24. The number of amides is 1. The highest BCUT2D eigenvalue weighted by Gasteiger charge is 2.06. The van der Waals surface area contributed by atoms with Crippen molar-refractivity contribution in [1.82, 2.24) is 10.3 Å². The third kappa shape index (κ3) is 4.45. The molecule has 0 aliphatic rings. The zero-order chi connectivity index (χ0) is 12.7. The van der Waals surface area contributed by atoms with Crippen LogP contribution in [0.15, 0.2) is 18.3 Å². The van der Waals surface area contributed by atoms with Crippen LogP contribution >= 0.6 is 0 Å². The van der Waals surface area contributed by atoms with E-state index in [-0.39, 0.29) is 11.6 Å². The van der Waals surface area contributed by atoms with E-state index in [1.54, 1.807) is 0 Å². The maximum atomic E-state index is 11.1. The summed E-state index contributed by atoms with van der Waals surface area (Å²) in [5, 5.41) is 16.0. The van der Waals surface area contributed by atoms with Gasteiger partial charge in [-0.15, -0.1) is 0 Å². The average Bonchev–Trinajstić information content (AvgIpc) is 2.30. The zero-order valence-electron chi connectivity index (χ0n) is 9.47. The van der Waals surface area contributed by atoms with Crippen LogP contribution in [0, 0.1) is 10.1 Å². The molecule has 0 unspecified atom stereocenters. The van der Waals surface area contributed by atoms with Crippen LogP contribution in [-0.2, 0) is 4.79 Å². The summed E-state index contributed by atoms with van der Waals surface area (Å²) in [5.74, 6) is 0.328. The average molecular weight is 238 g/mol. The van der Waals surface area contributed by atoms with Gasteiger partial charge in [0.2, 0.25) is 5.91 Å². The minimum absolute atomic E-state index is 0.0273. The molecular weight excluding hydrogens is 224 g/mol. The minimum atomic E-state index is -0.489. The van der Waals surface area contributed by atoms with E-state index < -0.39 is 4.92 Å². The molecular formula is C10H14N4O3. The molecule has 7 heteroatoms. The molecule has 0 saturated heterocycles. The van der Waals surface area contributed by atoms with Gasteiger partial charge in [-0.25, -0.2) is 4.98 Å². The fourth-order valence-electron chi connectivity index (χ4n) is 1.22. The molecule has 1 aromatic rings. The predicted octanol–water partition coefficient (Wildman–Crippen LogP) is 0.928. The smallest absolute Gasteiger partial charge is 0.274 e. The number of nitro groups is 1. The lowest BCUT2D eigenvalue weighted by atomic mass is 10.3. The van der Waals surface area contributed by atoms with Crippen molar-refractivity contribution < 1.29 is 9.72 Å². The summed E-state index contributed by atoms with van der Waals surface area (Å²) in [4.78, 5) is 25.1. The summed E-state index contributed by atoms with van der Waals surface area (Å²) in [6.07, 6.45) is 1.66. The van der Waals surface area contributed by atoms with E-state index >= 15 is 0 Å². The quantitative estimate of drug-likeness (QED) is 0.567. The third-order valence-electron chi connectivity index (χ3n) is 1.99. The van der Waals surface area contributed by atoms with Gasteiger partial charge in [0.25, 0.3) is 5.69 Å². The number of anilines is 1. The molecule has 92 valence electrons. The Labute approximate surface area is 98.4 Å². The van der Waals surface area contributed by atoms with Crippen molar-refractivity contribution in [2.75, 3.05) is 18.4 Å². The number of nitrogens with one attached hydrogen (secondary N) is 2. The van der Waals surface area contributed by atoms with Crippen LogP contribution in [0.2, 0.25) is 0 Å². The van der Waals surface area contributed by atoms with Gasteiger partial charge in [0.1, 0.15) is 5.82 Å². The summed E-state index contributed by atoms with van der Waals surface area (Å²) in [5.41, 5.74) is -0.0273. The van der Waals surface area contributed by atoms with E-state index in [0.717, 1.165) is 0 Å². The maximum Gasteiger partial charge on any atom is 0.274 e. The summed E-state index contributed by atoms with van der Waals surface area (Å²) >= 11 is 0. The van der Waals surface area contributed by atoms with Gasteiger partial charge < -0.3 is 10.6 Å². The van der Waals surface area contributed by atoms with Gasteiger partial charge in [-0.05, 0) is 6.92 Å². The molecule has 0 atom stereocenters. The molecule has 0 aliphatic carbocycles. The second-order valence-corrected chi connectivity index (χ2v) is 3.29. The molecule has 1 aromatic heterocycles. The Hall–Kier alpha value is -2.18. The van der Waals surface area contributed by atoms with Gasteiger partial charge in [-0.2, -0.15) is 0 Å². The highest BCUT2D eigenvalue weighted by molar-refractivity contribution is 5.76. The Morgan fingerprint density at radius 2 is 2.35 bits per heavy atom. The number of hydrogen-bond acceptors (Lipinski definition) is 5. The van der Waals surface area contributed by atoms with Crippen molar-refractivity contribution >= 4 is 17.4 Å². The molecule has 1 rings (SSSR count). The summed E-state index contributed by atoms with van der Waals surface area (Å²) in [7, 11) is 0. The normalized spacial score (nSPS) is 9.71. The highest BCUT2D eigenvalue weighted by Crippen LogP contribution is 2.13. The van der Waals surface area contributed by atoms with E-state index in [2.05, 4.69) is 15.6 Å². The highest BCUT2D eigenvalue weighted by atomic mass is 16.6. The Bertz CT molecular complexity index is 408. The van der Waals surface area contributed by atoms with Crippen LogP contribution in [0.1, 0.15) is 13.3 Å². The summed E-state index contributed by atoms with van der Waals surface area (Å²) < 4.78 is 0. The molecule has 2 N–H and O–H groups in total.